The maximum absolute atomic E-state index is 10.4. The van der Waals surface area contributed by atoms with Crippen LogP contribution in [0.4, 0.5) is 5.69 Å². The third-order valence-electron chi connectivity index (χ3n) is 4.24. The van der Waals surface area contributed by atoms with Crippen molar-refractivity contribution in [2.24, 2.45) is 0 Å². The van der Waals surface area contributed by atoms with E-state index in [1.807, 2.05) is 12.1 Å². The van der Waals surface area contributed by atoms with Gasteiger partial charge in [-0.2, -0.15) is 0 Å². The van der Waals surface area contributed by atoms with E-state index in [0.717, 1.165) is 23.3 Å². The van der Waals surface area contributed by atoms with E-state index in [1.165, 1.54) is 0 Å². The summed E-state index contributed by atoms with van der Waals surface area (Å²) in [6.45, 7) is 12.0. The van der Waals surface area contributed by atoms with Crippen molar-refractivity contribution in [1.29, 1.82) is 0 Å². The Bertz CT molecular complexity index is 401. The maximum atomic E-state index is 10.4. The molecule has 5 heteroatoms. The molecule has 0 saturated heterocycles. The smallest absolute Gasteiger partial charge is 0.106 e. The lowest BCUT2D eigenvalue weighted by atomic mass is 10.2. The Morgan fingerprint density at radius 3 is 2.47 bits per heavy atom. The summed E-state index contributed by atoms with van der Waals surface area (Å²) < 4.78 is 0.833. The van der Waals surface area contributed by atoms with Gasteiger partial charge in [0.05, 0.1) is 20.0 Å². The van der Waals surface area contributed by atoms with Crippen molar-refractivity contribution >= 4 is 29.7 Å². The minimum absolute atomic E-state index is 0.191. The molecule has 0 aliphatic heterocycles. The van der Waals surface area contributed by atoms with Gasteiger partial charge in [0.25, 0.3) is 0 Å². The van der Waals surface area contributed by atoms with Gasteiger partial charge in [-0.15, -0.1) is 0 Å². The number of hydrogen-bond acceptors (Lipinski definition) is 3. The second-order valence-corrected chi connectivity index (χ2v) is 13.0. The number of aliphatic hydroxyl groups excluding tert-OH is 1. The molecule has 0 bridgehead atoms. The Hall–Kier alpha value is -0.393. The molecule has 0 fully saturated rings. The normalized spacial score (nSPS) is 14.3. The van der Waals surface area contributed by atoms with E-state index in [-0.39, 0.29) is 10.8 Å². The third kappa shape index (κ3) is 4.58. The van der Waals surface area contributed by atoms with Gasteiger partial charge in [0.2, 0.25) is 0 Å². The van der Waals surface area contributed by atoms with Crippen LogP contribution in [0.15, 0.2) is 22.9 Å². The number of rotatable bonds is 5. The van der Waals surface area contributed by atoms with Crippen LogP contribution in [-0.4, -0.2) is 30.4 Å². The van der Waals surface area contributed by atoms with E-state index < -0.39 is 8.07 Å². The third-order valence-corrected chi connectivity index (χ3v) is 10.5. The number of aliphatic hydroxyl groups is 1. The van der Waals surface area contributed by atoms with Crippen LogP contribution in [0.1, 0.15) is 27.2 Å². The fourth-order valence-electron chi connectivity index (χ4n) is 1.69. The van der Waals surface area contributed by atoms with Crippen molar-refractivity contribution in [3.8, 4) is 0 Å². The van der Waals surface area contributed by atoms with E-state index in [4.69, 9.17) is 0 Å². The minimum Gasteiger partial charge on any atom is -0.396 e. The summed E-state index contributed by atoms with van der Waals surface area (Å²) in [5, 5.41) is 14.0. The number of aromatic nitrogens is 1. The summed E-state index contributed by atoms with van der Waals surface area (Å²) in [6, 6.07) is 3.89. The zero-order valence-electron chi connectivity index (χ0n) is 12.5. The van der Waals surface area contributed by atoms with Gasteiger partial charge in [0.15, 0.2) is 0 Å². The molecule has 0 aliphatic carbocycles. The van der Waals surface area contributed by atoms with Crippen LogP contribution in [0.5, 0.6) is 0 Å². The molecule has 1 aromatic rings. The summed E-state index contributed by atoms with van der Waals surface area (Å²) in [7, 11) is -1.66. The van der Waals surface area contributed by atoms with E-state index in [0.29, 0.717) is 0 Å². The van der Waals surface area contributed by atoms with Gasteiger partial charge in [-0.05, 0) is 39.5 Å². The van der Waals surface area contributed by atoms with Crippen LogP contribution in [0.2, 0.25) is 18.1 Å². The van der Waals surface area contributed by atoms with Gasteiger partial charge < -0.3 is 10.4 Å². The molecule has 0 spiro atoms. The number of nitrogens with zero attached hydrogens (tertiary/aromatic N) is 1. The second-order valence-electron chi connectivity index (χ2n) is 6.57. The molecular formula is C14H25BrN2OSi. The fraction of sp³-hybridized carbons (Fsp3) is 0.643. The first-order valence-corrected chi connectivity index (χ1v) is 10.5. The van der Waals surface area contributed by atoms with Gasteiger partial charge in [-0.3, -0.25) is 0 Å². The summed E-state index contributed by atoms with van der Waals surface area (Å²) in [6.07, 6.45) is 2.58. The van der Waals surface area contributed by atoms with Crippen molar-refractivity contribution in [2.45, 2.75) is 51.1 Å². The van der Waals surface area contributed by atoms with Crippen LogP contribution < -0.4 is 5.32 Å². The average Bonchev–Trinajstić information content (AvgIpc) is 2.30. The van der Waals surface area contributed by atoms with Gasteiger partial charge in [0, 0.05) is 12.3 Å². The highest BCUT2D eigenvalue weighted by atomic mass is 79.9. The highest BCUT2D eigenvalue weighted by Crippen LogP contribution is 2.38. The molecule has 1 unspecified atom stereocenters. The molecule has 0 saturated carbocycles. The monoisotopic (exact) mass is 344 g/mol. The summed E-state index contributed by atoms with van der Waals surface area (Å²) in [5.41, 5.74) is 0.800. The van der Waals surface area contributed by atoms with Gasteiger partial charge in [-0.1, -0.05) is 33.9 Å². The molecule has 1 atom stereocenters. The highest BCUT2D eigenvalue weighted by Gasteiger charge is 2.41. The molecule has 19 heavy (non-hydrogen) atoms. The molecule has 0 aromatic carbocycles. The number of nitrogens with one attached hydrogen (secondary N) is 1. The molecule has 108 valence electrons. The molecular weight excluding hydrogens is 320 g/mol. The van der Waals surface area contributed by atoms with Crippen molar-refractivity contribution < 1.29 is 5.11 Å². The number of halogens is 1. The van der Waals surface area contributed by atoms with Crippen molar-refractivity contribution in [2.75, 3.05) is 11.9 Å². The lowest BCUT2D eigenvalue weighted by Crippen LogP contribution is -2.49. The fourth-order valence-corrected chi connectivity index (χ4v) is 3.79. The van der Waals surface area contributed by atoms with Crippen LogP contribution in [0.25, 0.3) is 0 Å². The molecule has 2 N–H and O–H groups in total. The molecule has 1 heterocycles. The molecule has 0 radical (unpaired) electrons. The SMILES string of the molecule is CC(C)(C)[Si](C)(C)C(O)CCNc1ccc(Br)nc1. The van der Waals surface area contributed by atoms with Crippen LogP contribution in [-0.2, 0) is 0 Å². The Kier molecular flexibility index (Phi) is 5.59. The first kappa shape index (κ1) is 16.7. The molecule has 3 nitrogen and oxygen atoms in total. The Morgan fingerprint density at radius 2 is 2.00 bits per heavy atom. The molecule has 1 aromatic heterocycles. The van der Waals surface area contributed by atoms with Crippen LogP contribution in [0.3, 0.4) is 0 Å². The average molecular weight is 345 g/mol. The highest BCUT2D eigenvalue weighted by molar-refractivity contribution is 9.10. The zero-order chi connectivity index (χ0) is 14.7. The molecule has 1 rings (SSSR count). The van der Waals surface area contributed by atoms with E-state index in [1.54, 1.807) is 6.20 Å². The van der Waals surface area contributed by atoms with Crippen molar-refractivity contribution in [3.05, 3.63) is 22.9 Å². The summed E-state index contributed by atoms with van der Waals surface area (Å²) in [4.78, 5) is 4.17. The topological polar surface area (TPSA) is 45.1 Å². The predicted octanol–water partition coefficient (Wildman–Crippen LogP) is 4.05. The Morgan fingerprint density at radius 1 is 1.37 bits per heavy atom. The summed E-state index contributed by atoms with van der Waals surface area (Å²) in [5.74, 6) is 0. The van der Waals surface area contributed by atoms with Gasteiger partial charge in [-0.25, -0.2) is 4.98 Å². The van der Waals surface area contributed by atoms with Gasteiger partial charge >= 0.3 is 0 Å². The van der Waals surface area contributed by atoms with E-state index >= 15 is 0 Å². The largest absolute Gasteiger partial charge is 0.396 e. The van der Waals surface area contributed by atoms with Crippen molar-refractivity contribution in [1.82, 2.24) is 4.98 Å². The first-order valence-electron chi connectivity index (χ1n) is 6.68. The number of hydrogen-bond donors (Lipinski definition) is 2. The Labute approximate surface area is 126 Å². The lowest BCUT2D eigenvalue weighted by Gasteiger charge is -2.40. The molecule has 0 aliphatic rings. The number of anilines is 1. The van der Waals surface area contributed by atoms with Crippen molar-refractivity contribution in [3.63, 3.8) is 0 Å². The first-order chi connectivity index (χ1) is 8.64. The van der Waals surface area contributed by atoms with Crippen LogP contribution in [0, 0.1) is 0 Å². The minimum atomic E-state index is -1.66. The predicted molar refractivity (Wildman–Crippen MR) is 88.2 cm³/mol. The molecule has 0 amide bonds. The summed E-state index contributed by atoms with van der Waals surface area (Å²) >= 11 is 3.31. The maximum Gasteiger partial charge on any atom is 0.106 e. The van der Waals surface area contributed by atoms with Crippen LogP contribution >= 0.6 is 15.9 Å². The van der Waals surface area contributed by atoms with E-state index in [2.05, 4.69) is 60.1 Å². The Balaban J connectivity index is 2.47. The van der Waals surface area contributed by atoms with Gasteiger partial charge in [0.1, 0.15) is 4.60 Å². The standard InChI is InChI=1S/C14H25BrN2OSi/c1-14(2,3)19(4,5)13(18)8-9-16-11-6-7-12(15)17-10-11/h6-7,10,13,16,18H,8-9H2,1-5H3. The lowest BCUT2D eigenvalue weighted by molar-refractivity contribution is 0.231. The zero-order valence-corrected chi connectivity index (χ0v) is 15.1. The quantitative estimate of drug-likeness (QED) is 0.625. The second kappa shape index (κ2) is 6.37. The van der Waals surface area contributed by atoms with E-state index in [9.17, 15) is 5.11 Å². The number of pyridine rings is 1.